The summed E-state index contributed by atoms with van der Waals surface area (Å²) in [6.45, 7) is 0.877. The van der Waals surface area contributed by atoms with Gasteiger partial charge in [-0.25, -0.2) is 14.8 Å². The van der Waals surface area contributed by atoms with Crippen molar-refractivity contribution >= 4 is 34.0 Å². The molecule has 1 aliphatic heterocycles. The lowest BCUT2D eigenvalue weighted by Gasteiger charge is -2.11. The van der Waals surface area contributed by atoms with Crippen LogP contribution >= 0.6 is 0 Å². The van der Waals surface area contributed by atoms with Crippen molar-refractivity contribution in [3.8, 4) is 11.4 Å². The Kier molecular flexibility index (Phi) is 4.91. The van der Waals surface area contributed by atoms with Crippen LogP contribution in [0, 0.1) is 0 Å². The summed E-state index contributed by atoms with van der Waals surface area (Å²) in [5.41, 5.74) is 9.67. The number of carbonyl (C=O) groups excluding carboxylic acids is 1. The van der Waals surface area contributed by atoms with E-state index in [1.165, 1.54) is 0 Å². The van der Waals surface area contributed by atoms with Crippen molar-refractivity contribution in [2.24, 2.45) is 0 Å². The first-order chi connectivity index (χ1) is 15.2. The highest BCUT2D eigenvalue weighted by Crippen LogP contribution is 2.32. The lowest BCUT2D eigenvalue weighted by molar-refractivity contribution is 0.0163. The Labute approximate surface area is 178 Å². The van der Waals surface area contributed by atoms with Gasteiger partial charge < -0.3 is 19.9 Å². The van der Waals surface area contributed by atoms with Crippen LogP contribution < -0.4 is 10.5 Å². The molecule has 0 saturated carbocycles. The number of benzene rings is 2. The first-order valence-electron chi connectivity index (χ1n) is 10.2. The van der Waals surface area contributed by atoms with E-state index < -0.39 is 5.97 Å². The standard InChI is InChI=1S/C23H22N4O4/c1-29-15-7-4-6-14(12-15)27-21(24)19(23(28)31-13-16-8-5-11-30-16)20-22(27)26-18-10-3-2-9-17(18)25-20/h2-4,6-7,9-10,12,16H,5,8,11,13,24H2,1H3. The van der Waals surface area contributed by atoms with Crippen LogP contribution in [0.15, 0.2) is 48.5 Å². The van der Waals surface area contributed by atoms with Crippen molar-refractivity contribution in [3.63, 3.8) is 0 Å². The zero-order chi connectivity index (χ0) is 21.4. The minimum absolute atomic E-state index is 0.0798. The van der Waals surface area contributed by atoms with E-state index in [0.717, 1.165) is 12.8 Å². The fourth-order valence-corrected chi connectivity index (χ4v) is 3.89. The summed E-state index contributed by atoms with van der Waals surface area (Å²) in [5.74, 6) is 0.343. The number of ether oxygens (including phenoxy) is 3. The normalized spacial score (nSPS) is 16.1. The lowest BCUT2D eigenvalue weighted by atomic mass is 10.2. The second kappa shape index (κ2) is 7.88. The van der Waals surface area contributed by atoms with Gasteiger partial charge in [0.15, 0.2) is 5.65 Å². The number of carbonyl (C=O) groups is 1. The number of nitrogen functional groups attached to an aromatic ring is 1. The zero-order valence-corrected chi connectivity index (χ0v) is 17.1. The Balaban J connectivity index is 1.67. The van der Waals surface area contributed by atoms with Gasteiger partial charge in [0.25, 0.3) is 0 Å². The van der Waals surface area contributed by atoms with Gasteiger partial charge in [-0.05, 0) is 37.1 Å². The Bertz CT molecular complexity index is 1280. The maximum absolute atomic E-state index is 13.1. The van der Waals surface area contributed by atoms with Gasteiger partial charge in [0.2, 0.25) is 0 Å². The molecule has 3 heterocycles. The number of rotatable bonds is 5. The van der Waals surface area contributed by atoms with Gasteiger partial charge in [-0.2, -0.15) is 0 Å². The van der Waals surface area contributed by atoms with Crippen molar-refractivity contribution in [3.05, 3.63) is 54.1 Å². The number of aromatic nitrogens is 3. The van der Waals surface area contributed by atoms with Crippen LogP contribution in [0.25, 0.3) is 27.9 Å². The maximum Gasteiger partial charge on any atom is 0.344 e. The van der Waals surface area contributed by atoms with Gasteiger partial charge >= 0.3 is 5.97 Å². The van der Waals surface area contributed by atoms with Crippen molar-refractivity contribution < 1.29 is 19.0 Å². The monoisotopic (exact) mass is 418 g/mol. The summed E-state index contributed by atoms with van der Waals surface area (Å²) in [6.07, 6.45) is 1.76. The summed E-state index contributed by atoms with van der Waals surface area (Å²) >= 11 is 0. The third-order valence-electron chi connectivity index (χ3n) is 5.44. The molecule has 0 amide bonds. The van der Waals surface area contributed by atoms with Crippen molar-refractivity contribution in [1.82, 2.24) is 14.5 Å². The molecule has 31 heavy (non-hydrogen) atoms. The Morgan fingerprint density at radius 2 is 2.00 bits per heavy atom. The lowest BCUT2D eigenvalue weighted by Crippen LogP contribution is -2.18. The van der Waals surface area contributed by atoms with Crippen LogP contribution in [0.2, 0.25) is 0 Å². The number of nitrogens with zero attached hydrogens (tertiary/aromatic N) is 3. The highest BCUT2D eigenvalue weighted by atomic mass is 16.6. The van der Waals surface area contributed by atoms with Crippen LogP contribution in [0.4, 0.5) is 5.82 Å². The predicted octanol–water partition coefficient (Wildman–Crippen LogP) is 3.50. The van der Waals surface area contributed by atoms with Gasteiger partial charge in [-0.15, -0.1) is 0 Å². The molecule has 0 spiro atoms. The number of anilines is 1. The summed E-state index contributed by atoms with van der Waals surface area (Å²) in [4.78, 5) is 22.5. The van der Waals surface area contributed by atoms with Crippen LogP contribution in [0.3, 0.4) is 0 Å². The molecule has 0 aliphatic carbocycles. The third kappa shape index (κ3) is 3.44. The SMILES string of the molecule is COc1cccc(-n2c(N)c(C(=O)OCC3CCCO3)c3nc4ccccc4nc32)c1. The minimum atomic E-state index is -0.538. The number of esters is 1. The average Bonchev–Trinajstić information content (AvgIpc) is 3.41. The molecule has 8 heteroatoms. The van der Waals surface area contributed by atoms with Crippen LogP contribution in [-0.4, -0.2) is 46.9 Å². The minimum Gasteiger partial charge on any atom is -0.497 e. The quantitative estimate of drug-likeness (QED) is 0.495. The largest absolute Gasteiger partial charge is 0.497 e. The van der Waals surface area contributed by atoms with Crippen molar-refractivity contribution in [2.75, 3.05) is 26.1 Å². The van der Waals surface area contributed by atoms with E-state index in [1.54, 1.807) is 11.7 Å². The molecular weight excluding hydrogens is 396 g/mol. The van der Waals surface area contributed by atoms with E-state index in [4.69, 9.17) is 29.9 Å². The van der Waals surface area contributed by atoms with Crippen molar-refractivity contribution in [1.29, 1.82) is 0 Å². The predicted molar refractivity (Wildman–Crippen MR) is 117 cm³/mol. The first-order valence-corrected chi connectivity index (χ1v) is 10.2. The second-order valence-corrected chi connectivity index (χ2v) is 7.42. The fourth-order valence-electron chi connectivity index (χ4n) is 3.89. The molecule has 1 atom stereocenters. The Hall–Kier alpha value is -3.65. The molecule has 2 aromatic heterocycles. The molecule has 1 saturated heterocycles. The van der Waals surface area contributed by atoms with Crippen LogP contribution in [-0.2, 0) is 9.47 Å². The maximum atomic E-state index is 13.1. The summed E-state index contributed by atoms with van der Waals surface area (Å²) in [7, 11) is 1.59. The third-order valence-corrected chi connectivity index (χ3v) is 5.44. The number of fused-ring (bicyclic) bond motifs is 2. The summed E-state index contributed by atoms with van der Waals surface area (Å²) in [6, 6.07) is 14.9. The average molecular weight is 418 g/mol. The number of hydrogen-bond donors (Lipinski definition) is 1. The van der Waals surface area contributed by atoms with E-state index >= 15 is 0 Å². The molecule has 2 N–H and O–H groups in total. The molecule has 8 nitrogen and oxygen atoms in total. The second-order valence-electron chi connectivity index (χ2n) is 7.42. The Morgan fingerprint density at radius 1 is 1.19 bits per heavy atom. The van der Waals surface area contributed by atoms with Gasteiger partial charge in [0.1, 0.15) is 29.3 Å². The topological polar surface area (TPSA) is 101 Å². The number of hydrogen-bond acceptors (Lipinski definition) is 7. The van der Waals surface area contributed by atoms with Gasteiger partial charge in [-0.3, -0.25) is 4.57 Å². The molecule has 2 aromatic carbocycles. The van der Waals surface area contributed by atoms with Crippen LogP contribution in [0.5, 0.6) is 5.75 Å². The van der Waals surface area contributed by atoms with E-state index in [1.807, 2.05) is 48.5 Å². The molecule has 1 fully saturated rings. The summed E-state index contributed by atoms with van der Waals surface area (Å²) in [5, 5.41) is 0. The number of nitrogens with two attached hydrogens (primary N) is 1. The molecule has 1 unspecified atom stereocenters. The summed E-state index contributed by atoms with van der Waals surface area (Å²) < 4.78 is 18.2. The first kappa shape index (κ1) is 19.3. The highest BCUT2D eigenvalue weighted by Gasteiger charge is 2.27. The smallest absolute Gasteiger partial charge is 0.344 e. The van der Waals surface area contributed by atoms with Crippen molar-refractivity contribution in [2.45, 2.75) is 18.9 Å². The van der Waals surface area contributed by atoms with E-state index in [2.05, 4.69) is 0 Å². The van der Waals surface area contributed by atoms with Gasteiger partial charge in [-0.1, -0.05) is 18.2 Å². The zero-order valence-electron chi connectivity index (χ0n) is 17.1. The van der Waals surface area contributed by atoms with Gasteiger partial charge in [0, 0.05) is 12.7 Å². The van der Waals surface area contributed by atoms with E-state index in [-0.39, 0.29) is 24.1 Å². The molecular formula is C23H22N4O4. The number of methoxy groups -OCH3 is 1. The molecule has 158 valence electrons. The number of para-hydroxylation sites is 2. The highest BCUT2D eigenvalue weighted by molar-refractivity contribution is 6.09. The molecule has 0 radical (unpaired) electrons. The fraction of sp³-hybridized carbons (Fsp3) is 0.261. The molecule has 5 rings (SSSR count). The van der Waals surface area contributed by atoms with E-state index in [0.29, 0.717) is 40.2 Å². The van der Waals surface area contributed by atoms with E-state index in [9.17, 15) is 4.79 Å². The Morgan fingerprint density at radius 3 is 2.74 bits per heavy atom. The molecule has 1 aliphatic rings. The van der Waals surface area contributed by atoms with Gasteiger partial charge in [0.05, 0.1) is 29.9 Å². The molecule has 4 aromatic rings. The molecule has 0 bridgehead atoms. The van der Waals surface area contributed by atoms with Crippen LogP contribution in [0.1, 0.15) is 23.2 Å².